The fourth-order valence-electron chi connectivity index (χ4n) is 4.36. The second-order valence-corrected chi connectivity index (χ2v) is 10.3. The van der Waals surface area contributed by atoms with Crippen LogP contribution in [0.4, 0.5) is 5.69 Å². The van der Waals surface area contributed by atoms with Crippen molar-refractivity contribution < 1.29 is 22.4 Å². The van der Waals surface area contributed by atoms with Gasteiger partial charge in [-0.1, -0.05) is 12.8 Å². The van der Waals surface area contributed by atoms with Crippen LogP contribution in [0.1, 0.15) is 55.5 Å². The molecule has 1 aromatic heterocycles. The monoisotopic (exact) mass is 459 g/mol. The van der Waals surface area contributed by atoms with Gasteiger partial charge in [-0.2, -0.15) is 4.31 Å². The number of hydrogen-bond donors (Lipinski definition) is 1. The van der Waals surface area contributed by atoms with E-state index < -0.39 is 16.1 Å². The lowest BCUT2D eigenvalue weighted by atomic mass is 10.0. The maximum absolute atomic E-state index is 13.0. The summed E-state index contributed by atoms with van der Waals surface area (Å²) in [5.41, 5.74) is 0.501. The Hall–Kier alpha value is -2.65. The third-order valence-electron chi connectivity index (χ3n) is 6.12. The standard InChI is InChI=1S/C23H29N3O5S/c27-22(20-8-3-6-16-26(20)23(28)21-9-7-17-31-21)24-18-10-12-19(13-11-18)32(29,30)25-14-4-1-2-5-15-25/h7,9-13,17,20H,1-6,8,14-16H2,(H,24,27). The Morgan fingerprint density at radius 3 is 2.25 bits per heavy atom. The van der Waals surface area contributed by atoms with Crippen LogP contribution in [0.25, 0.3) is 0 Å². The molecule has 1 N–H and O–H groups in total. The molecule has 2 aliphatic heterocycles. The predicted molar refractivity (Wildman–Crippen MR) is 120 cm³/mol. The molecule has 2 saturated heterocycles. The Morgan fingerprint density at radius 1 is 0.906 bits per heavy atom. The first-order chi connectivity index (χ1) is 15.5. The number of furan rings is 1. The lowest BCUT2D eigenvalue weighted by Gasteiger charge is -2.34. The first-order valence-electron chi connectivity index (χ1n) is 11.2. The minimum Gasteiger partial charge on any atom is -0.459 e. The highest BCUT2D eigenvalue weighted by atomic mass is 32.2. The summed E-state index contributed by atoms with van der Waals surface area (Å²) < 4.78 is 32.6. The summed E-state index contributed by atoms with van der Waals surface area (Å²) in [5.74, 6) is -0.366. The number of piperidine rings is 1. The van der Waals surface area contributed by atoms with Crippen LogP contribution in [0.15, 0.2) is 52.0 Å². The van der Waals surface area contributed by atoms with E-state index in [9.17, 15) is 18.0 Å². The van der Waals surface area contributed by atoms with Gasteiger partial charge in [-0.3, -0.25) is 9.59 Å². The fraction of sp³-hybridized carbons (Fsp3) is 0.478. The number of carbonyl (C=O) groups is 2. The van der Waals surface area contributed by atoms with Gasteiger partial charge in [-0.15, -0.1) is 0 Å². The van der Waals surface area contributed by atoms with Crippen molar-refractivity contribution in [3.05, 3.63) is 48.4 Å². The molecule has 172 valence electrons. The molecule has 0 bridgehead atoms. The van der Waals surface area contributed by atoms with E-state index in [-0.39, 0.29) is 22.5 Å². The summed E-state index contributed by atoms with van der Waals surface area (Å²) in [6.07, 6.45) is 7.55. The molecule has 4 rings (SSSR count). The molecule has 8 nitrogen and oxygen atoms in total. The number of carbonyl (C=O) groups excluding carboxylic acids is 2. The van der Waals surface area contributed by atoms with Gasteiger partial charge in [0.25, 0.3) is 5.91 Å². The maximum atomic E-state index is 13.0. The fourth-order valence-corrected chi connectivity index (χ4v) is 5.87. The van der Waals surface area contributed by atoms with Gasteiger partial charge >= 0.3 is 0 Å². The Kier molecular flexibility index (Phi) is 6.95. The smallest absolute Gasteiger partial charge is 0.290 e. The van der Waals surface area contributed by atoms with E-state index >= 15 is 0 Å². The molecular weight excluding hydrogens is 430 g/mol. The Balaban J connectivity index is 1.44. The highest BCUT2D eigenvalue weighted by molar-refractivity contribution is 7.89. The summed E-state index contributed by atoms with van der Waals surface area (Å²) in [5, 5.41) is 2.84. The zero-order valence-corrected chi connectivity index (χ0v) is 18.9. The number of rotatable bonds is 5. The highest BCUT2D eigenvalue weighted by Crippen LogP contribution is 2.24. The normalized spacial score (nSPS) is 20.5. The topological polar surface area (TPSA) is 99.9 Å². The lowest BCUT2D eigenvalue weighted by molar-refractivity contribution is -0.121. The molecule has 2 aromatic rings. The summed E-state index contributed by atoms with van der Waals surface area (Å²) in [6, 6.07) is 8.91. The third-order valence-corrected chi connectivity index (χ3v) is 8.04. The first-order valence-corrected chi connectivity index (χ1v) is 12.7. The Labute approximate surface area is 188 Å². The van der Waals surface area contributed by atoms with Crippen molar-refractivity contribution in [2.24, 2.45) is 0 Å². The molecule has 0 aliphatic carbocycles. The zero-order valence-electron chi connectivity index (χ0n) is 18.0. The van der Waals surface area contributed by atoms with Gasteiger partial charge in [0, 0.05) is 25.3 Å². The minimum atomic E-state index is -3.54. The van der Waals surface area contributed by atoms with Gasteiger partial charge in [-0.05, 0) is 68.5 Å². The van der Waals surface area contributed by atoms with Crippen LogP contribution in [-0.2, 0) is 14.8 Å². The van der Waals surface area contributed by atoms with Gasteiger partial charge in [0.15, 0.2) is 5.76 Å². The average molecular weight is 460 g/mol. The van der Waals surface area contributed by atoms with Gasteiger partial charge in [0.1, 0.15) is 6.04 Å². The molecule has 2 fully saturated rings. The summed E-state index contributed by atoms with van der Waals surface area (Å²) in [6.45, 7) is 1.58. The molecule has 32 heavy (non-hydrogen) atoms. The molecule has 2 amide bonds. The van der Waals surface area contributed by atoms with Crippen LogP contribution in [0.5, 0.6) is 0 Å². The van der Waals surface area contributed by atoms with Gasteiger partial charge in [0.2, 0.25) is 15.9 Å². The number of anilines is 1. The van der Waals surface area contributed by atoms with Crippen molar-refractivity contribution in [3.63, 3.8) is 0 Å². The van der Waals surface area contributed by atoms with E-state index in [0.29, 0.717) is 31.7 Å². The van der Waals surface area contributed by atoms with Crippen molar-refractivity contribution in [1.82, 2.24) is 9.21 Å². The van der Waals surface area contributed by atoms with Crippen LogP contribution in [0.3, 0.4) is 0 Å². The SMILES string of the molecule is O=C(Nc1ccc(S(=O)(=O)N2CCCCCC2)cc1)C1CCCCN1C(=O)c1ccco1. The largest absolute Gasteiger partial charge is 0.459 e. The molecule has 1 unspecified atom stereocenters. The van der Waals surface area contributed by atoms with E-state index in [4.69, 9.17) is 4.42 Å². The van der Waals surface area contributed by atoms with E-state index in [0.717, 1.165) is 38.5 Å². The molecule has 0 saturated carbocycles. The van der Waals surface area contributed by atoms with Gasteiger partial charge in [0.05, 0.1) is 11.2 Å². The van der Waals surface area contributed by atoms with Crippen LogP contribution in [0, 0.1) is 0 Å². The van der Waals surface area contributed by atoms with Gasteiger partial charge in [-0.25, -0.2) is 8.42 Å². The number of nitrogens with zero attached hydrogens (tertiary/aromatic N) is 2. The molecule has 0 spiro atoms. The van der Waals surface area contributed by atoms with E-state index in [1.54, 1.807) is 33.5 Å². The molecule has 9 heteroatoms. The van der Waals surface area contributed by atoms with Crippen molar-refractivity contribution in [1.29, 1.82) is 0 Å². The second-order valence-electron chi connectivity index (χ2n) is 8.32. The molecule has 1 aromatic carbocycles. The van der Waals surface area contributed by atoms with E-state index in [2.05, 4.69) is 5.32 Å². The molecule has 1 atom stereocenters. The molecule has 2 aliphatic rings. The summed E-state index contributed by atoms with van der Waals surface area (Å²) in [7, 11) is -3.54. The van der Waals surface area contributed by atoms with E-state index in [1.807, 2.05) is 0 Å². The van der Waals surface area contributed by atoms with Crippen molar-refractivity contribution in [3.8, 4) is 0 Å². The van der Waals surface area contributed by atoms with E-state index in [1.165, 1.54) is 18.4 Å². The number of benzene rings is 1. The number of hydrogen-bond acceptors (Lipinski definition) is 5. The maximum Gasteiger partial charge on any atom is 0.290 e. The summed E-state index contributed by atoms with van der Waals surface area (Å²) >= 11 is 0. The van der Waals surface area contributed by atoms with Gasteiger partial charge < -0.3 is 14.6 Å². The predicted octanol–water partition coefficient (Wildman–Crippen LogP) is 3.48. The molecule has 3 heterocycles. The summed E-state index contributed by atoms with van der Waals surface area (Å²) in [4.78, 5) is 27.5. The molecular formula is C23H29N3O5S. The average Bonchev–Trinajstić information content (AvgIpc) is 3.20. The Morgan fingerprint density at radius 2 is 1.59 bits per heavy atom. The van der Waals surface area contributed by atoms with Crippen LogP contribution in [0.2, 0.25) is 0 Å². The first kappa shape index (κ1) is 22.5. The zero-order chi connectivity index (χ0) is 22.6. The van der Waals surface area contributed by atoms with Crippen molar-refractivity contribution in [2.45, 2.75) is 55.9 Å². The van der Waals surface area contributed by atoms with Crippen molar-refractivity contribution >= 4 is 27.5 Å². The lowest BCUT2D eigenvalue weighted by Crippen LogP contribution is -2.49. The molecule has 0 radical (unpaired) electrons. The van der Waals surface area contributed by atoms with Crippen LogP contribution >= 0.6 is 0 Å². The Bertz CT molecular complexity index is 1030. The van der Waals surface area contributed by atoms with Crippen molar-refractivity contribution in [2.75, 3.05) is 25.0 Å². The van der Waals surface area contributed by atoms with Crippen LogP contribution in [-0.4, -0.2) is 55.1 Å². The second kappa shape index (κ2) is 9.87. The van der Waals surface area contributed by atoms with Crippen LogP contribution < -0.4 is 5.32 Å². The quantitative estimate of drug-likeness (QED) is 0.738. The number of sulfonamides is 1. The third kappa shape index (κ3) is 4.88. The minimum absolute atomic E-state index is 0.216. The number of nitrogens with one attached hydrogen (secondary N) is 1. The highest BCUT2D eigenvalue weighted by Gasteiger charge is 2.34. The number of likely N-dealkylation sites (tertiary alicyclic amines) is 1. The number of amides is 2.